The van der Waals surface area contributed by atoms with Crippen LogP contribution in [0.15, 0.2) is 24.4 Å². The molecule has 1 aromatic carbocycles. The number of hydrogen-bond donors (Lipinski definition) is 1. The molecule has 5 nitrogen and oxygen atoms in total. The quantitative estimate of drug-likeness (QED) is 0.915. The second-order valence-electron chi connectivity index (χ2n) is 4.89. The predicted octanol–water partition coefficient (Wildman–Crippen LogP) is 2.42. The van der Waals surface area contributed by atoms with Crippen molar-refractivity contribution in [1.29, 1.82) is 0 Å². The van der Waals surface area contributed by atoms with Gasteiger partial charge in [-0.2, -0.15) is 4.98 Å². The SMILES string of the molecule is CNC(c1ccc(C)cc1C)c1ncc(OC)nc1OC. The number of rotatable bonds is 5. The van der Waals surface area contributed by atoms with Gasteiger partial charge in [-0.05, 0) is 32.0 Å². The lowest BCUT2D eigenvalue weighted by atomic mass is 9.97. The van der Waals surface area contributed by atoms with Crippen LogP contribution in [-0.4, -0.2) is 31.2 Å². The smallest absolute Gasteiger partial charge is 0.240 e. The van der Waals surface area contributed by atoms with Crippen LogP contribution in [0.1, 0.15) is 28.4 Å². The zero-order chi connectivity index (χ0) is 15.4. The molecule has 21 heavy (non-hydrogen) atoms. The van der Waals surface area contributed by atoms with Gasteiger partial charge >= 0.3 is 0 Å². The second-order valence-corrected chi connectivity index (χ2v) is 4.89. The molecule has 1 N–H and O–H groups in total. The van der Waals surface area contributed by atoms with Gasteiger partial charge in [-0.15, -0.1) is 0 Å². The van der Waals surface area contributed by atoms with E-state index in [1.54, 1.807) is 20.4 Å². The molecule has 0 saturated carbocycles. The Hall–Kier alpha value is -2.14. The van der Waals surface area contributed by atoms with E-state index in [0.29, 0.717) is 11.8 Å². The molecular formula is C16H21N3O2. The molecule has 0 aliphatic heterocycles. The molecule has 1 unspecified atom stereocenters. The summed E-state index contributed by atoms with van der Waals surface area (Å²) >= 11 is 0. The number of aryl methyl sites for hydroxylation is 2. The summed E-state index contributed by atoms with van der Waals surface area (Å²) in [6, 6.07) is 6.27. The summed E-state index contributed by atoms with van der Waals surface area (Å²) in [6.45, 7) is 4.18. The van der Waals surface area contributed by atoms with Crippen LogP contribution in [0.2, 0.25) is 0 Å². The lowest BCUT2D eigenvalue weighted by Gasteiger charge is -2.20. The van der Waals surface area contributed by atoms with Gasteiger partial charge in [0.1, 0.15) is 5.69 Å². The summed E-state index contributed by atoms with van der Waals surface area (Å²) in [5, 5.41) is 3.28. The molecule has 0 bridgehead atoms. The maximum absolute atomic E-state index is 5.36. The highest BCUT2D eigenvalue weighted by Gasteiger charge is 2.21. The lowest BCUT2D eigenvalue weighted by Crippen LogP contribution is -2.21. The van der Waals surface area contributed by atoms with Crippen molar-refractivity contribution >= 4 is 0 Å². The van der Waals surface area contributed by atoms with Gasteiger partial charge in [0.2, 0.25) is 11.8 Å². The monoisotopic (exact) mass is 287 g/mol. The fraction of sp³-hybridized carbons (Fsp3) is 0.375. The molecule has 0 aliphatic rings. The van der Waals surface area contributed by atoms with E-state index in [9.17, 15) is 0 Å². The molecule has 0 saturated heterocycles. The van der Waals surface area contributed by atoms with Crippen molar-refractivity contribution in [3.8, 4) is 11.8 Å². The fourth-order valence-electron chi connectivity index (χ4n) is 2.40. The normalized spacial score (nSPS) is 12.0. The number of benzene rings is 1. The van der Waals surface area contributed by atoms with E-state index in [1.807, 2.05) is 7.05 Å². The van der Waals surface area contributed by atoms with Crippen molar-refractivity contribution in [2.75, 3.05) is 21.3 Å². The summed E-state index contributed by atoms with van der Waals surface area (Å²) in [6.07, 6.45) is 1.60. The Kier molecular flexibility index (Phi) is 4.75. The van der Waals surface area contributed by atoms with E-state index >= 15 is 0 Å². The molecule has 0 radical (unpaired) electrons. The maximum atomic E-state index is 5.36. The van der Waals surface area contributed by atoms with Gasteiger partial charge in [0, 0.05) is 0 Å². The summed E-state index contributed by atoms with van der Waals surface area (Å²) in [5.41, 5.74) is 4.33. The summed E-state index contributed by atoms with van der Waals surface area (Å²) in [7, 11) is 5.04. The number of nitrogens with zero attached hydrogens (tertiary/aromatic N) is 2. The van der Waals surface area contributed by atoms with E-state index in [4.69, 9.17) is 9.47 Å². The van der Waals surface area contributed by atoms with Crippen molar-refractivity contribution in [3.05, 3.63) is 46.8 Å². The Morgan fingerprint density at radius 2 is 1.90 bits per heavy atom. The third-order valence-corrected chi connectivity index (χ3v) is 3.45. The average Bonchev–Trinajstić information content (AvgIpc) is 2.50. The molecular weight excluding hydrogens is 266 g/mol. The van der Waals surface area contributed by atoms with Crippen LogP contribution >= 0.6 is 0 Å². The van der Waals surface area contributed by atoms with Crippen molar-refractivity contribution in [1.82, 2.24) is 15.3 Å². The van der Waals surface area contributed by atoms with Crippen molar-refractivity contribution in [3.63, 3.8) is 0 Å². The van der Waals surface area contributed by atoms with Crippen LogP contribution in [0.4, 0.5) is 0 Å². The third kappa shape index (κ3) is 3.13. The van der Waals surface area contributed by atoms with Gasteiger partial charge < -0.3 is 14.8 Å². The number of methoxy groups -OCH3 is 2. The van der Waals surface area contributed by atoms with Crippen LogP contribution in [0.5, 0.6) is 11.8 Å². The van der Waals surface area contributed by atoms with Crippen molar-refractivity contribution in [2.45, 2.75) is 19.9 Å². The molecule has 2 rings (SSSR count). The van der Waals surface area contributed by atoms with Crippen LogP contribution in [0.25, 0.3) is 0 Å². The molecule has 1 heterocycles. The Morgan fingerprint density at radius 1 is 1.14 bits per heavy atom. The minimum Gasteiger partial charge on any atom is -0.480 e. The first-order valence-corrected chi connectivity index (χ1v) is 6.80. The largest absolute Gasteiger partial charge is 0.480 e. The first kappa shape index (κ1) is 15.3. The molecule has 1 aromatic heterocycles. The van der Waals surface area contributed by atoms with Crippen LogP contribution in [-0.2, 0) is 0 Å². The van der Waals surface area contributed by atoms with E-state index in [2.05, 4.69) is 47.3 Å². The van der Waals surface area contributed by atoms with Gasteiger partial charge in [0.25, 0.3) is 0 Å². The summed E-state index contributed by atoms with van der Waals surface area (Å²) in [5.74, 6) is 0.903. The first-order valence-electron chi connectivity index (χ1n) is 6.80. The lowest BCUT2D eigenvalue weighted by molar-refractivity contribution is 0.353. The maximum Gasteiger partial charge on any atom is 0.240 e. The fourth-order valence-corrected chi connectivity index (χ4v) is 2.40. The minimum absolute atomic E-state index is 0.0843. The minimum atomic E-state index is -0.0843. The summed E-state index contributed by atoms with van der Waals surface area (Å²) in [4.78, 5) is 8.76. The molecule has 0 fully saturated rings. The van der Waals surface area contributed by atoms with E-state index < -0.39 is 0 Å². The van der Waals surface area contributed by atoms with E-state index in [-0.39, 0.29) is 6.04 Å². The van der Waals surface area contributed by atoms with E-state index in [0.717, 1.165) is 11.3 Å². The average molecular weight is 287 g/mol. The van der Waals surface area contributed by atoms with Gasteiger partial charge in [0.15, 0.2) is 0 Å². The zero-order valence-electron chi connectivity index (χ0n) is 13.1. The number of hydrogen-bond acceptors (Lipinski definition) is 5. The molecule has 0 spiro atoms. The van der Waals surface area contributed by atoms with Crippen molar-refractivity contribution in [2.24, 2.45) is 0 Å². The highest BCUT2D eigenvalue weighted by molar-refractivity contribution is 5.40. The molecule has 112 valence electrons. The molecule has 5 heteroatoms. The van der Waals surface area contributed by atoms with Crippen LogP contribution in [0, 0.1) is 13.8 Å². The van der Waals surface area contributed by atoms with Gasteiger partial charge in [-0.3, -0.25) is 0 Å². The topological polar surface area (TPSA) is 56.3 Å². The first-order chi connectivity index (χ1) is 10.1. The van der Waals surface area contributed by atoms with E-state index in [1.165, 1.54) is 11.1 Å². The van der Waals surface area contributed by atoms with Crippen molar-refractivity contribution < 1.29 is 9.47 Å². The zero-order valence-corrected chi connectivity index (χ0v) is 13.1. The number of aromatic nitrogens is 2. The molecule has 0 aliphatic carbocycles. The molecule has 1 atom stereocenters. The number of ether oxygens (including phenoxy) is 2. The second kappa shape index (κ2) is 6.54. The predicted molar refractivity (Wildman–Crippen MR) is 82.0 cm³/mol. The Morgan fingerprint density at radius 3 is 2.48 bits per heavy atom. The molecule has 0 amide bonds. The van der Waals surface area contributed by atoms with Gasteiger partial charge in [-0.25, -0.2) is 4.98 Å². The Balaban J connectivity index is 2.50. The standard InChI is InChI=1S/C16H21N3O2/c1-10-6-7-12(11(2)8-10)14(17-3)15-16(21-5)19-13(20-4)9-18-15/h6-9,14,17H,1-5H3. The van der Waals surface area contributed by atoms with Gasteiger partial charge in [-0.1, -0.05) is 23.8 Å². The third-order valence-electron chi connectivity index (χ3n) is 3.45. The Bertz CT molecular complexity index is 629. The van der Waals surface area contributed by atoms with Gasteiger partial charge in [0.05, 0.1) is 26.5 Å². The highest BCUT2D eigenvalue weighted by Crippen LogP contribution is 2.30. The molecule has 2 aromatic rings. The summed E-state index contributed by atoms with van der Waals surface area (Å²) < 4.78 is 10.5. The Labute approximate surface area is 125 Å². The number of nitrogens with one attached hydrogen (secondary N) is 1. The van der Waals surface area contributed by atoms with Crippen LogP contribution in [0.3, 0.4) is 0 Å². The highest BCUT2D eigenvalue weighted by atomic mass is 16.5. The van der Waals surface area contributed by atoms with Crippen LogP contribution < -0.4 is 14.8 Å².